The number of carbonyl (C=O) groups excluding carboxylic acids is 1. The minimum atomic E-state index is -3.71. The lowest BCUT2D eigenvalue weighted by molar-refractivity contribution is 0.0921. The van der Waals surface area contributed by atoms with Gasteiger partial charge in [0.25, 0.3) is 5.91 Å². The first kappa shape index (κ1) is 26.1. The van der Waals surface area contributed by atoms with E-state index < -0.39 is 21.7 Å². The molecule has 0 bridgehead atoms. The van der Waals surface area contributed by atoms with Crippen LogP contribution in [-0.2, 0) is 10.0 Å². The second-order valence-corrected chi connectivity index (χ2v) is 11.2. The maximum absolute atomic E-state index is 14.0. The Balaban J connectivity index is 1.39. The molecule has 0 atom stereocenters. The summed E-state index contributed by atoms with van der Waals surface area (Å²) in [5.41, 5.74) is 0.906. The van der Waals surface area contributed by atoms with Gasteiger partial charge in [-0.3, -0.25) is 9.89 Å². The molecule has 1 aliphatic carbocycles. The van der Waals surface area contributed by atoms with Crippen LogP contribution in [-0.4, -0.2) is 47.8 Å². The molecule has 0 aliphatic heterocycles. The summed E-state index contributed by atoms with van der Waals surface area (Å²) in [6.45, 7) is 3.31. The van der Waals surface area contributed by atoms with Gasteiger partial charge in [-0.05, 0) is 70.1 Å². The summed E-state index contributed by atoms with van der Waals surface area (Å²) < 4.78 is 48.1. The van der Waals surface area contributed by atoms with Crippen molar-refractivity contribution in [2.24, 2.45) is 0 Å². The molecule has 0 spiro atoms. The van der Waals surface area contributed by atoms with Gasteiger partial charge in [-0.25, -0.2) is 22.5 Å². The van der Waals surface area contributed by atoms with E-state index in [0.29, 0.717) is 42.8 Å². The molecule has 3 aromatic rings. The van der Waals surface area contributed by atoms with E-state index in [1.807, 2.05) is 24.5 Å². The lowest BCUT2D eigenvalue weighted by atomic mass is 9.91. The van der Waals surface area contributed by atoms with Crippen LogP contribution in [0.3, 0.4) is 0 Å². The highest BCUT2D eigenvalue weighted by atomic mass is 32.2. The second kappa shape index (κ2) is 11.0. The SMILES string of the molecule is CSc1cccc(Oc2ncc(F)cc2C(=O)NC2CCC(NS(=O)(=O)c3c(C)n[nH]c3C)CC2)c1. The minimum Gasteiger partial charge on any atom is -0.438 e. The van der Waals surface area contributed by atoms with Crippen LogP contribution >= 0.6 is 11.8 Å². The van der Waals surface area contributed by atoms with E-state index in [0.717, 1.165) is 17.2 Å². The van der Waals surface area contributed by atoms with Crippen molar-refractivity contribution in [3.8, 4) is 11.6 Å². The number of nitrogens with one attached hydrogen (secondary N) is 3. The normalized spacial score (nSPS) is 18.1. The van der Waals surface area contributed by atoms with Crippen molar-refractivity contribution in [2.45, 2.75) is 61.4 Å². The minimum absolute atomic E-state index is 0.00158. The number of aryl methyl sites for hydroxylation is 2. The number of amides is 1. The Labute approximate surface area is 213 Å². The van der Waals surface area contributed by atoms with Crippen molar-refractivity contribution in [3.05, 3.63) is 59.3 Å². The highest BCUT2D eigenvalue weighted by Crippen LogP contribution is 2.28. The van der Waals surface area contributed by atoms with Gasteiger partial charge in [0.2, 0.25) is 15.9 Å². The summed E-state index contributed by atoms with van der Waals surface area (Å²) >= 11 is 1.55. The number of nitrogens with zero attached hydrogens (tertiary/aromatic N) is 2. The molecule has 1 aromatic carbocycles. The maximum Gasteiger partial charge on any atom is 0.257 e. The number of thioether (sulfide) groups is 1. The number of aromatic nitrogens is 3. The molecule has 12 heteroatoms. The zero-order valence-electron chi connectivity index (χ0n) is 20.2. The van der Waals surface area contributed by atoms with Gasteiger partial charge in [0.05, 0.1) is 17.6 Å². The molecule has 2 heterocycles. The number of carbonyl (C=O) groups is 1. The van der Waals surface area contributed by atoms with Crippen LogP contribution in [0.4, 0.5) is 4.39 Å². The standard InChI is InChI=1S/C24H28FN5O4S2/c1-14-22(15(2)29-28-14)36(32,33)30-18-9-7-17(8-10-18)27-23(31)21-11-16(25)13-26-24(21)34-19-5-4-6-20(12-19)35-3/h4-6,11-13,17-18,30H,7-10H2,1-3H3,(H,27,31)(H,28,29). The average molecular weight is 534 g/mol. The van der Waals surface area contributed by atoms with Gasteiger partial charge in [0, 0.05) is 17.0 Å². The fourth-order valence-corrected chi connectivity index (χ4v) is 6.41. The molecule has 0 saturated heterocycles. The Morgan fingerprint density at radius 2 is 1.89 bits per heavy atom. The summed E-state index contributed by atoms with van der Waals surface area (Å²) in [7, 11) is -3.71. The molecule has 0 unspecified atom stereocenters. The van der Waals surface area contributed by atoms with Crippen LogP contribution in [0.1, 0.15) is 47.4 Å². The molecule has 1 saturated carbocycles. The van der Waals surface area contributed by atoms with Gasteiger partial charge in [0.15, 0.2) is 0 Å². The number of benzene rings is 1. The van der Waals surface area contributed by atoms with Crippen LogP contribution in [0.5, 0.6) is 11.6 Å². The lowest BCUT2D eigenvalue weighted by Crippen LogP contribution is -2.44. The number of rotatable bonds is 8. The molecule has 4 rings (SSSR count). The molecule has 9 nitrogen and oxygen atoms in total. The molecule has 192 valence electrons. The van der Waals surface area contributed by atoms with Crippen LogP contribution in [0.2, 0.25) is 0 Å². The van der Waals surface area contributed by atoms with E-state index in [1.165, 1.54) is 0 Å². The largest absolute Gasteiger partial charge is 0.438 e. The summed E-state index contributed by atoms with van der Waals surface area (Å²) in [6.07, 6.45) is 5.17. The van der Waals surface area contributed by atoms with E-state index in [9.17, 15) is 17.6 Å². The Hall–Kier alpha value is -2.96. The third kappa shape index (κ3) is 6.05. The predicted octanol–water partition coefficient (Wildman–Crippen LogP) is 4.09. The first-order valence-electron chi connectivity index (χ1n) is 11.5. The van der Waals surface area contributed by atoms with Crippen LogP contribution < -0.4 is 14.8 Å². The Kier molecular flexibility index (Phi) is 7.96. The summed E-state index contributed by atoms with van der Waals surface area (Å²) in [6, 6.07) is 7.96. The predicted molar refractivity (Wildman–Crippen MR) is 134 cm³/mol. The van der Waals surface area contributed by atoms with Gasteiger partial charge in [-0.15, -0.1) is 11.8 Å². The molecule has 1 amide bonds. The third-order valence-corrected chi connectivity index (χ3v) is 8.54. The number of sulfonamides is 1. The maximum atomic E-state index is 14.0. The number of halogens is 1. The van der Waals surface area contributed by atoms with Gasteiger partial charge in [-0.2, -0.15) is 5.10 Å². The Morgan fingerprint density at radius 1 is 1.17 bits per heavy atom. The fraction of sp³-hybridized carbons (Fsp3) is 0.375. The van der Waals surface area contributed by atoms with Gasteiger partial charge in [0.1, 0.15) is 22.0 Å². The monoisotopic (exact) mass is 533 g/mol. The number of H-pyrrole nitrogens is 1. The molecule has 36 heavy (non-hydrogen) atoms. The van der Waals surface area contributed by atoms with Crippen molar-refractivity contribution in [1.29, 1.82) is 0 Å². The number of ether oxygens (including phenoxy) is 1. The lowest BCUT2D eigenvalue weighted by Gasteiger charge is -2.29. The number of hydrogen-bond acceptors (Lipinski definition) is 7. The van der Waals surface area contributed by atoms with Crippen molar-refractivity contribution < 1.29 is 22.3 Å². The number of hydrogen-bond donors (Lipinski definition) is 3. The quantitative estimate of drug-likeness (QED) is 0.372. The zero-order chi connectivity index (χ0) is 25.9. The van der Waals surface area contributed by atoms with Gasteiger partial charge < -0.3 is 10.1 Å². The first-order chi connectivity index (χ1) is 17.2. The van der Waals surface area contributed by atoms with E-state index in [4.69, 9.17) is 4.74 Å². The highest BCUT2D eigenvalue weighted by Gasteiger charge is 2.30. The van der Waals surface area contributed by atoms with Gasteiger partial charge >= 0.3 is 0 Å². The molecule has 2 aromatic heterocycles. The third-order valence-electron chi connectivity index (χ3n) is 6.03. The van der Waals surface area contributed by atoms with Crippen molar-refractivity contribution in [3.63, 3.8) is 0 Å². The van der Waals surface area contributed by atoms with Gasteiger partial charge in [-0.1, -0.05) is 6.07 Å². The Bertz CT molecular complexity index is 1330. The smallest absolute Gasteiger partial charge is 0.257 e. The van der Waals surface area contributed by atoms with Crippen LogP contribution in [0.15, 0.2) is 46.3 Å². The summed E-state index contributed by atoms with van der Waals surface area (Å²) in [5.74, 6) is -0.634. The van der Waals surface area contributed by atoms with Crippen molar-refractivity contribution in [2.75, 3.05) is 6.26 Å². The summed E-state index contributed by atoms with van der Waals surface area (Å²) in [4.78, 5) is 18.2. The number of pyridine rings is 1. The molecule has 3 N–H and O–H groups in total. The molecule has 1 aliphatic rings. The molecular weight excluding hydrogens is 505 g/mol. The molecule has 0 radical (unpaired) electrons. The van der Waals surface area contributed by atoms with Crippen molar-refractivity contribution in [1.82, 2.24) is 25.2 Å². The molecule has 1 fully saturated rings. The summed E-state index contributed by atoms with van der Waals surface area (Å²) in [5, 5.41) is 9.57. The second-order valence-electron chi connectivity index (χ2n) is 8.69. The highest BCUT2D eigenvalue weighted by molar-refractivity contribution is 7.98. The number of aromatic amines is 1. The topological polar surface area (TPSA) is 126 Å². The van der Waals surface area contributed by atoms with E-state index in [-0.39, 0.29) is 28.4 Å². The van der Waals surface area contributed by atoms with E-state index in [1.54, 1.807) is 31.7 Å². The van der Waals surface area contributed by atoms with Crippen LogP contribution in [0.25, 0.3) is 0 Å². The fourth-order valence-electron chi connectivity index (χ4n) is 4.28. The Morgan fingerprint density at radius 3 is 2.56 bits per heavy atom. The van der Waals surface area contributed by atoms with E-state index >= 15 is 0 Å². The zero-order valence-corrected chi connectivity index (χ0v) is 21.8. The van der Waals surface area contributed by atoms with Crippen LogP contribution in [0, 0.1) is 19.7 Å². The van der Waals surface area contributed by atoms with Crippen molar-refractivity contribution >= 4 is 27.7 Å². The molecular formula is C24H28FN5O4S2. The van der Waals surface area contributed by atoms with E-state index in [2.05, 4.69) is 25.2 Å². The first-order valence-corrected chi connectivity index (χ1v) is 14.2. The average Bonchev–Trinajstić information content (AvgIpc) is 3.20.